The molecule has 0 amide bonds. The quantitative estimate of drug-likeness (QED) is 0.231. The van der Waals surface area contributed by atoms with E-state index in [1.165, 1.54) is 0 Å². The number of hydrogen-bond acceptors (Lipinski definition) is 4. The van der Waals surface area contributed by atoms with Crippen LogP contribution in [-0.4, -0.2) is 23.0 Å². The lowest BCUT2D eigenvalue weighted by molar-refractivity contribution is 0.594. The third kappa shape index (κ3) is 2.72. The summed E-state index contributed by atoms with van der Waals surface area (Å²) in [6.07, 6.45) is 3.68. The van der Waals surface area contributed by atoms with Gasteiger partial charge >= 0.3 is 0 Å². The normalized spacial score (nSPS) is 13.7. The Kier molecular flexibility index (Phi) is 4.26. The van der Waals surface area contributed by atoms with Gasteiger partial charge in [0.05, 0.1) is 26.5 Å². The van der Waals surface area contributed by atoms with E-state index < -0.39 is 9.84 Å². The maximum atomic E-state index is 13.6. The van der Waals surface area contributed by atoms with Crippen molar-refractivity contribution in [2.45, 2.75) is 9.79 Å². The van der Waals surface area contributed by atoms with Crippen LogP contribution >= 0.6 is 0 Å². The van der Waals surface area contributed by atoms with Crippen molar-refractivity contribution in [2.24, 2.45) is 0 Å². The van der Waals surface area contributed by atoms with Crippen LogP contribution in [-0.2, 0) is 9.84 Å². The molecule has 5 aromatic carbocycles. The summed E-state index contributed by atoms with van der Waals surface area (Å²) in [5.74, 6) is 0.722. The van der Waals surface area contributed by atoms with E-state index in [2.05, 4.69) is 35.3 Å². The largest absolute Gasteiger partial charge is 0.290 e. The average Bonchev–Trinajstić information content (AvgIpc) is 3.35. The molecule has 0 spiro atoms. The fourth-order valence-corrected chi connectivity index (χ4v) is 7.53. The standard InChI is InChI=1S/C32H19N3O2S/c36-38(37)27-16-6-5-15-26(27)35-31-25(14-7-17-28(31)38)34-32(35)30-23-12-3-1-10-21(23)29(20-9-8-18-33-19-20)22-11-2-4-13-24(22)30/h1-19H. The van der Waals surface area contributed by atoms with Gasteiger partial charge in [0.25, 0.3) is 0 Å². The molecule has 180 valence electrons. The van der Waals surface area contributed by atoms with E-state index in [1.54, 1.807) is 30.5 Å². The number of hydrogen-bond donors (Lipinski definition) is 0. The monoisotopic (exact) mass is 509 g/mol. The smallest absolute Gasteiger partial charge is 0.210 e. The minimum Gasteiger partial charge on any atom is -0.290 e. The van der Waals surface area contributed by atoms with Crippen molar-refractivity contribution in [1.29, 1.82) is 0 Å². The van der Waals surface area contributed by atoms with Crippen molar-refractivity contribution in [2.75, 3.05) is 0 Å². The maximum absolute atomic E-state index is 13.6. The second kappa shape index (κ2) is 7.60. The highest BCUT2D eigenvalue weighted by molar-refractivity contribution is 7.92. The molecule has 8 rings (SSSR count). The summed E-state index contributed by atoms with van der Waals surface area (Å²) in [6.45, 7) is 0. The molecule has 0 saturated carbocycles. The van der Waals surface area contributed by atoms with Crippen molar-refractivity contribution in [3.63, 3.8) is 0 Å². The summed E-state index contributed by atoms with van der Waals surface area (Å²) in [5, 5.41) is 4.27. The molecule has 38 heavy (non-hydrogen) atoms. The van der Waals surface area contributed by atoms with Gasteiger partial charge < -0.3 is 0 Å². The predicted octanol–water partition coefficient (Wildman–Crippen LogP) is 7.21. The lowest BCUT2D eigenvalue weighted by Gasteiger charge is -2.22. The molecule has 5 nitrogen and oxygen atoms in total. The number of sulfone groups is 1. The van der Waals surface area contributed by atoms with Gasteiger partial charge in [0.1, 0.15) is 5.82 Å². The summed E-state index contributed by atoms with van der Waals surface area (Å²) < 4.78 is 29.2. The zero-order valence-electron chi connectivity index (χ0n) is 20.0. The number of aromatic nitrogens is 3. The molecule has 2 aromatic heterocycles. The van der Waals surface area contributed by atoms with Crippen LogP contribution in [0.15, 0.2) is 125 Å². The predicted molar refractivity (Wildman–Crippen MR) is 150 cm³/mol. The van der Waals surface area contributed by atoms with Gasteiger partial charge in [-0.15, -0.1) is 0 Å². The van der Waals surface area contributed by atoms with E-state index in [9.17, 15) is 8.42 Å². The van der Waals surface area contributed by atoms with Crippen LogP contribution in [0.3, 0.4) is 0 Å². The van der Waals surface area contributed by atoms with Crippen LogP contribution in [0, 0.1) is 0 Å². The Labute approximate surface area is 218 Å². The molecule has 6 heteroatoms. The van der Waals surface area contributed by atoms with Crippen LogP contribution < -0.4 is 0 Å². The summed E-state index contributed by atoms with van der Waals surface area (Å²) >= 11 is 0. The molecule has 0 fully saturated rings. The van der Waals surface area contributed by atoms with Crippen LogP contribution in [0.5, 0.6) is 0 Å². The fraction of sp³-hybridized carbons (Fsp3) is 0. The second-order valence-corrected chi connectivity index (χ2v) is 11.3. The van der Waals surface area contributed by atoms with E-state index in [1.807, 2.05) is 59.3 Å². The molecule has 0 aliphatic carbocycles. The zero-order valence-corrected chi connectivity index (χ0v) is 20.9. The SMILES string of the molecule is O=S1(=O)c2ccccc2-n2c(-c3c4ccccc4c(-c4cccnc4)c4ccccc34)nc3cccc1c32. The number of imidazole rings is 1. The topological polar surface area (TPSA) is 64.8 Å². The first-order chi connectivity index (χ1) is 18.6. The highest BCUT2D eigenvalue weighted by Crippen LogP contribution is 2.47. The van der Waals surface area contributed by atoms with Crippen LogP contribution in [0.1, 0.15) is 0 Å². The minimum atomic E-state index is -3.67. The van der Waals surface area contributed by atoms with Gasteiger partial charge in [-0.25, -0.2) is 13.4 Å². The molecular formula is C32H19N3O2S. The summed E-state index contributed by atoms with van der Waals surface area (Å²) in [7, 11) is -3.67. The zero-order chi connectivity index (χ0) is 25.4. The van der Waals surface area contributed by atoms with Crippen molar-refractivity contribution >= 4 is 42.4 Å². The number of benzene rings is 5. The molecule has 0 radical (unpaired) electrons. The Bertz CT molecular complexity index is 2140. The van der Waals surface area contributed by atoms with Gasteiger partial charge in [0.15, 0.2) is 0 Å². The lowest BCUT2D eigenvalue weighted by Crippen LogP contribution is -2.15. The summed E-state index contributed by atoms with van der Waals surface area (Å²) in [6, 6.07) is 33.2. The first-order valence-corrected chi connectivity index (χ1v) is 13.8. The number of pyridine rings is 1. The summed E-state index contributed by atoms with van der Waals surface area (Å²) in [5.41, 5.74) is 5.02. The molecule has 0 unspecified atom stereocenters. The Morgan fingerprint density at radius 3 is 1.92 bits per heavy atom. The van der Waals surface area contributed by atoms with E-state index in [0.717, 1.165) is 44.1 Å². The van der Waals surface area contributed by atoms with E-state index >= 15 is 0 Å². The van der Waals surface area contributed by atoms with Crippen LogP contribution in [0.2, 0.25) is 0 Å². The highest BCUT2D eigenvalue weighted by atomic mass is 32.2. The third-order valence-corrected chi connectivity index (χ3v) is 9.26. The Hall–Kier alpha value is -4.81. The van der Waals surface area contributed by atoms with Crippen molar-refractivity contribution in [3.8, 4) is 28.2 Å². The maximum Gasteiger partial charge on any atom is 0.210 e. The molecule has 1 aliphatic rings. The van der Waals surface area contributed by atoms with Gasteiger partial charge in [0, 0.05) is 23.5 Å². The Morgan fingerprint density at radius 2 is 1.24 bits per heavy atom. The van der Waals surface area contributed by atoms with E-state index in [0.29, 0.717) is 21.6 Å². The first-order valence-electron chi connectivity index (χ1n) is 12.3. The van der Waals surface area contributed by atoms with Gasteiger partial charge in [-0.1, -0.05) is 72.8 Å². The van der Waals surface area contributed by atoms with Gasteiger partial charge in [-0.3, -0.25) is 9.55 Å². The van der Waals surface area contributed by atoms with E-state index in [4.69, 9.17) is 4.98 Å². The molecule has 0 saturated heterocycles. The molecule has 0 bridgehead atoms. The molecule has 7 aromatic rings. The van der Waals surface area contributed by atoms with Crippen molar-refractivity contribution < 1.29 is 8.42 Å². The lowest BCUT2D eigenvalue weighted by atomic mass is 9.88. The van der Waals surface area contributed by atoms with Gasteiger partial charge in [-0.2, -0.15) is 0 Å². The molecule has 0 atom stereocenters. The van der Waals surface area contributed by atoms with Crippen LogP contribution in [0.25, 0.3) is 60.8 Å². The molecule has 0 N–H and O–H groups in total. The molecular weight excluding hydrogens is 490 g/mol. The number of para-hydroxylation sites is 2. The number of nitrogens with zero attached hydrogens (tertiary/aromatic N) is 3. The van der Waals surface area contributed by atoms with E-state index in [-0.39, 0.29) is 4.90 Å². The number of fused-ring (bicyclic) bond motifs is 4. The van der Waals surface area contributed by atoms with Crippen LogP contribution in [0.4, 0.5) is 0 Å². The van der Waals surface area contributed by atoms with Crippen molar-refractivity contribution in [1.82, 2.24) is 14.5 Å². The van der Waals surface area contributed by atoms with Gasteiger partial charge in [0.2, 0.25) is 9.84 Å². The number of rotatable bonds is 2. The second-order valence-electron chi connectivity index (χ2n) is 9.45. The first kappa shape index (κ1) is 21.3. The average molecular weight is 510 g/mol. The Morgan fingerprint density at radius 1 is 0.605 bits per heavy atom. The Balaban J connectivity index is 1.61. The summed E-state index contributed by atoms with van der Waals surface area (Å²) in [4.78, 5) is 10.1. The fourth-order valence-electron chi connectivity index (χ4n) is 5.89. The molecule has 1 aliphatic heterocycles. The van der Waals surface area contributed by atoms with Crippen molar-refractivity contribution in [3.05, 3.63) is 116 Å². The minimum absolute atomic E-state index is 0.285. The molecule has 3 heterocycles. The third-order valence-electron chi connectivity index (χ3n) is 7.43. The highest BCUT2D eigenvalue weighted by Gasteiger charge is 2.34. The van der Waals surface area contributed by atoms with Gasteiger partial charge in [-0.05, 0) is 57.4 Å².